The number of amides is 1. The van der Waals surface area contributed by atoms with Gasteiger partial charge < -0.3 is 10.0 Å². The van der Waals surface area contributed by atoms with Crippen molar-refractivity contribution >= 4 is 11.9 Å². The first-order valence-electron chi connectivity index (χ1n) is 7.96. The Hall–Kier alpha value is -2.63. The Morgan fingerprint density at radius 2 is 1.92 bits per heavy atom. The van der Waals surface area contributed by atoms with E-state index in [9.17, 15) is 14.7 Å². The fourth-order valence-corrected chi connectivity index (χ4v) is 3.33. The van der Waals surface area contributed by atoms with Gasteiger partial charge in [0.2, 0.25) is 5.91 Å². The van der Waals surface area contributed by atoms with Crippen molar-refractivity contribution in [3.8, 4) is 0 Å². The van der Waals surface area contributed by atoms with E-state index in [1.165, 1.54) is 4.90 Å². The molecule has 0 spiro atoms. The summed E-state index contributed by atoms with van der Waals surface area (Å²) >= 11 is 0. The van der Waals surface area contributed by atoms with Crippen molar-refractivity contribution in [2.75, 3.05) is 0 Å². The molecule has 0 fully saturated rings. The summed E-state index contributed by atoms with van der Waals surface area (Å²) in [5.74, 6) is -1.13. The van der Waals surface area contributed by atoms with Crippen LogP contribution in [-0.2, 0) is 36.0 Å². The number of carboxylic acids is 1. The Morgan fingerprint density at radius 1 is 1.25 bits per heavy atom. The second-order valence-electron chi connectivity index (χ2n) is 6.30. The molecule has 1 aliphatic heterocycles. The monoisotopic (exact) mass is 327 g/mol. The number of hydrogen-bond donors (Lipinski definition) is 1. The quantitative estimate of drug-likeness (QED) is 0.929. The highest BCUT2D eigenvalue weighted by molar-refractivity contribution is 5.86. The van der Waals surface area contributed by atoms with Crippen molar-refractivity contribution in [2.45, 2.75) is 39.3 Å². The zero-order chi connectivity index (χ0) is 17.4. The van der Waals surface area contributed by atoms with E-state index < -0.39 is 12.0 Å². The second kappa shape index (κ2) is 6.11. The third-order valence-electron chi connectivity index (χ3n) is 4.84. The lowest BCUT2D eigenvalue weighted by Crippen LogP contribution is -2.49. The number of fused-ring (bicyclic) bond motifs is 1. The number of carbonyl (C=O) groups excluding carboxylic acids is 1. The molecule has 3 rings (SSSR count). The van der Waals surface area contributed by atoms with E-state index in [-0.39, 0.29) is 12.3 Å². The van der Waals surface area contributed by atoms with Crippen LogP contribution in [0, 0.1) is 13.8 Å². The fourth-order valence-electron chi connectivity index (χ4n) is 3.33. The minimum absolute atomic E-state index is 0.170. The number of carboxylic acid groups (broad SMARTS) is 1. The third kappa shape index (κ3) is 2.79. The smallest absolute Gasteiger partial charge is 0.326 e. The molecule has 0 radical (unpaired) electrons. The SMILES string of the molecule is Cc1nn(C)c(C)c1CC(=O)N1Cc2ccccc2C[C@@H]1C(=O)O. The van der Waals surface area contributed by atoms with Crippen molar-refractivity contribution in [1.82, 2.24) is 14.7 Å². The van der Waals surface area contributed by atoms with Crippen LogP contribution in [0.4, 0.5) is 0 Å². The molecular formula is C18H21N3O3. The number of rotatable bonds is 3. The summed E-state index contributed by atoms with van der Waals surface area (Å²) in [6.07, 6.45) is 0.527. The van der Waals surface area contributed by atoms with Gasteiger partial charge in [-0.3, -0.25) is 9.48 Å². The first-order valence-corrected chi connectivity index (χ1v) is 7.96. The van der Waals surface area contributed by atoms with Crippen molar-refractivity contribution in [3.05, 3.63) is 52.3 Å². The molecule has 1 amide bonds. The minimum atomic E-state index is -0.961. The van der Waals surface area contributed by atoms with Gasteiger partial charge in [-0.1, -0.05) is 24.3 Å². The summed E-state index contributed by atoms with van der Waals surface area (Å²) in [6.45, 7) is 4.13. The van der Waals surface area contributed by atoms with Gasteiger partial charge in [0.25, 0.3) is 0 Å². The second-order valence-corrected chi connectivity index (χ2v) is 6.30. The molecule has 2 aromatic rings. The molecule has 1 N–H and O–H groups in total. The van der Waals surface area contributed by atoms with Crippen molar-refractivity contribution in [1.29, 1.82) is 0 Å². The van der Waals surface area contributed by atoms with E-state index in [4.69, 9.17) is 0 Å². The molecule has 6 heteroatoms. The predicted molar refractivity (Wildman–Crippen MR) is 88.5 cm³/mol. The maximum atomic E-state index is 12.8. The van der Waals surface area contributed by atoms with Crippen LogP contribution in [0.15, 0.2) is 24.3 Å². The van der Waals surface area contributed by atoms with E-state index in [1.807, 2.05) is 45.2 Å². The number of aliphatic carboxylic acids is 1. The van der Waals surface area contributed by atoms with Crippen molar-refractivity contribution in [2.24, 2.45) is 7.05 Å². The highest BCUT2D eigenvalue weighted by atomic mass is 16.4. The molecule has 2 heterocycles. The Bertz CT molecular complexity index is 810. The average molecular weight is 327 g/mol. The number of aromatic nitrogens is 2. The number of benzene rings is 1. The van der Waals surface area contributed by atoms with Crippen LogP contribution in [0.25, 0.3) is 0 Å². The molecule has 1 aromatic heterocycles. The van der Waals surface area contributed by atoms with Gasteiger partial charge in [-0.25, -0.2) is 4.79 Å². The van der Waals surface area contributed by atoms with Gasteiger partial charge >= 0.3 is 5.97 Å². The summed E-state index contributed by atoms with van der Waals surface area (Å²) < 4.78 is 1.75. The molecule has 0 bridgehead atoms. The number of nitrogens with zero attached hydrogens (tertiary/aromatic N) is 3. The predicted octanol–water partition coefficient (Wildman–Crippen LogP) is 1.62. The van der Waals surface area contributed by atoms with Crippen LogP contribution in [-0.4, -0.2) is 37.7 Å². The number of carbonyl (C=O) groups is 2. The molecule has 24 heavy (non-hydrogen) atoms. The van der Waals surface area contributed by atoms with E-state index in [2.05, 4.69) is 5.10 Å². The zero-order valence-corrected chi connectivity index (χ0v) is 14.1. The Kier molecular flexibility index (Phi) is 4.13. The topological polar surface area (TPSA) is 75.4 Å². The normalized spacial score (nSPS) is 16.8. The average Bonchev–Trinajstić information content (AvgIpc) is 2.79. The van der Waals surface area contributed by atoms with E-state index in [0.29, 0.717) is 13.0 Å². The lowest BCUT2D eigenvalue weighted by atomic mass is 9.93. The molecule has 6 nitrogen and oxygen atoms in total. The Balaban J connectivity index is 1.88. The summed E-state index contributed by atoms with van der Waals surface area (Å²) in [5.41, 5.74) is 4.65. The molecule has 0 saturated heterocycles. The van der Waals surface area contributed by atoms with Crippen LogP contribution < -0.4 is 0 Å². The molecule has 0 aliphatic carbocycles. The summed E-state index contributed by atoms with van der Waals surface area (Å²) in [6, 6.07) is 6.89. The highest BCUT2D eigenvalue weighted by Gasteiger charge is 2.34. The fraction of sp³-hybridized carbons (Fsp3) is 0.389. The maximum absolute atomic E-state index is 12.8. The van der Waals surface area contributed by atoms with Crippen molar-refractivity contribution < 1.29 is 14.7 Å². The molecular weight excluding hydrogens is 306 g/mol. The summed E-state index contributed by atoms with van der Waals surface area (Å²) in [7, 11) is 1.84. The van der Waals surface area contributed by atoms with Crippen LogP contribution in [0.3, 0.4) is 0 Å². The van der Waals surface area contributed by atoms with Gasteiger partial charge in [0.15, 0.2) is 0 Å². The highest BCUT2D eigenvalue weighted by Crippen LogP contribution is 2.25. The largest absolute Gasteiger partial charge is 0.480 e. The molecule has 1 atom stereocenters. The van der Waals surface area contributed by atoms with Crippen LogP contribution >= 0.6 is 0 Å². The Morgan fingerprint density at radius 3 is 2.50 bits per heavy atom. The molecule has 0 saturated carbocycles. The van der Waals surface area contributed by atoms with Gasteiger partial charge in [0, 0.05) is 31.3 Å². The lowest BCUT2D eigenvalue weighted by Gasteiger charge is -2.34. The molecule has 1 aromatic carbocycles. The number of hydrogen-bond acceptors (Lipinski definition) is 3. The van der Waals surface area contributed by atoms with Gasteiger partial charge in [-0.05, 0) is 25.0 Å². The van der Waals surface area contributed by atoms with Crippen LogP contribution in [0.1, 0.15) is 28.1 Å². The minimum Gasteiger partial charge on any atom is -0.480 e. The molecule has 0 unspecified atom stereocenters. The zero-order valence-electron chi connectivity index (χ0n) is 14.1. The van der Waals surface area contributed by atoms with Gasteiger partial charge in [-0.15, -0.1) is 0 Å². The lowest BCUT2D eigenvalue weighted by molar-refractivity contribution is -0.151. The first-order chi connectivity index (χ1) is 11.4. The Labute approximate surface area is 140 Å². The summed E-state index contributed by atoms with van der Waals surface area (Å²) in [4.78, 5) is 26.0. The maximum Gasteiger partial charge on any atom is 0.326 e. The standard InChI is InChI=1S/C18H21N3O3/c1-11-15(12(2)20(3)19-11)9-17(22)21-10-14-7-5-4-6-13(14)8-16(21)18(23)24/h4-7,16H,8-10H2,1-3H3,(H,23,24)/t16-/m1/s1. The van der Waals surface area contributed by atoms with E-state index in [1.54, 1.807) is 4.68 Å². The summed E-state index contributed by atoms with van der Waals surface area (Å²) in [5, 5.41) is 13.9. The van der Waals surface area contributed by atoms with Crippen molar-refractivity contribution in [3.63, 3.8) is 0 Å². The van der Waals surface area contributed by atoms with E-state index in [0.717, 1.165) is 28.1 Å². The van der Waals surface area contributed by atoms with Crippen LogP contribution in [0.5, 0.6) is 0 Å². The number of aryl methyl sites for hydroxylation is 2. The van der Waals surface area contributed by atoms with Gasteiger partial charge in [0.05, 0.1) is 12.1 Å². The van der Waals surface area contributed by atoms with Crippen LogP contribution in [0.2, 0.25) is 0 Å². The van der Waals surface area contributed by atoms with E-state index >= 15 is 0 Å². The molecule has 126 valence electrons. The third-order valence-corrected chi connectivity index (χ3v) is 4.84. The first kappa shape index (κ1) is 16.2. The van der Waals surface area contributed by atoms with Gasteiger partial charge in [0.1, 0.15) is 6.04 Å². The molecule has 1 aliphatic rings. The van der Waals surface area contributed by atoms with Gasteiger partial charge in [-0.2, -0.15) is 5.10 Å².